The number of ether oxygens (including phenoxy) is 2. The number of hydrogen-bond acceptors (Lipinski definition) is 7. The highest BCUT2D eigenvalue weighted by Crippen LogP contribution is 2.27. The minimum absolute atomic E-state index is 0.0921. The molecule has 1 aromatic rings. The van der Waals surface area contributed by atoms with Gasteiger partial charge in [0.2, 0.25) is 5.75 Å². The molecule has 0 radical (unpaired) electrons. The zero-order valence-electron chi connectivity index (χ0n) is 10.4. The van der Waals surface area contributed by atoms with Crippen molar-refractivity contribution in [3.63, 3.8) is 0 Å². The highest BCUT2D eigenvalue weighted by molar-refractivity contribution is 5.13. The van der Waals surface area contributed by atoms with Crippen molar-refractivity contribution in [3.8, 4) is 11.8 Å². The normalized spacial score (nSPS) is 25.4. The molecule has 0 amide bonds. The third kappa shape index (κ3) is 2.72. The summed E-state index contributed by atoms with van der Waals surface area (Å²) in [5.41, 5.74) is -1.48. The lowest BCUT2D eigenvalue weighted by Gasteiger charge is -2.15. The van der Waals surface area contributed by atoms with Crippen LogP contribution >= 0.6 is 0 Å². The molecule has 2 rings (SSSR count). The van der Waals surface area contributed by atoms with Gasteiger partial charge in [-0.15, -0.1) is 0 Å². The molecule has 0 unspecified atom stereocenters. The van der Waals surface area contributed by atoms with E-state index in [2.05, 4.69) is 0 Å². The van der Waals surface area contributed by atoms with Crippen LogP contribution in [0.3, 0.4) is 0 Å². The van der Waals surface area contributed by atoms with Crippen LogP contribution in [-0.2, 0) is 4.74 Å². The molecule has 0 spiro atoms. The minimum Gasteiger partial charge on any atom is -0.471 e. The molecule has 1 aromatic heterocycles. The van der Waals surface area contributed by atoms with Crippen molar-refractivity contribution in [1.29, 1.82) is 5.26 Å². The second kappa shape index (κ2) is 5.87. The van der Waals surface area contributed by atoms with Gasteiger partial charge >= 0.3 is 5.69 Å². The maximum atomic E-state index is 11.7. The fourth-order valence-electron chi connectivity index (χ4n) is 1.94. The van der Waals surface area contributed by atoms with E-state index >= 15 is 0 Å². The molecule has 9 nitrogen and oxygen atoms in total. The zero-order valence-corrected chi connectivity index (χ0v) is 10.4. The van der Waals surface area contributed by atoms with Gasteiger partial charge in [-0.25, -0.2) is 4.79 Å². The summed E-state index contributed by atoms with van der Waals surface area (Å²) in [6.45, 7) is -0.720. The first-order chi connectivity index (χ1) is 9.56. The fourth-order valence-corrected chi connectivity index (χ4v) is 1.94. The van der Waals surface area contributed by atoms with Gasteiger partial charge < -0.3 is 19.7 Å². The molecule has 0 saturated carbocycles. The Morgan fingerprint density at radius 1 is 1.60 bits per heavy atom. The van der Waals surface area contributed by atoms with Gasteiger partial charge in [-0.3, -0.25) is 14.3 Å². The van der Waals surface area contributed by atoms with Crippen molar-refractivity contribution in [2.45, 2.75) is 24.9 Å². The zero-order chi connectivity index (χ0) is 14.7. The monoisotopic (exact) mass is 283 g/mol. The van der Waals surface area contributed by atoms with Crippen molar-refractivity contribution >= 4 is 0 Å². The predicted molar refractivity (Wildman–Crippen MR) is 64.1 cm³/mol. The van der Waals surface area contributed by atoms with Crippen LogP contribution in [-0.4, -0.2) is 45.2 Å². The second-order valence-corrected chi connectivity index (χ2v) is 4.22. The molecular formula is C11H13N3O6. The third-order valence-electron chi connectivity index (χ3n) is 2.92. The van der Waals surface area contributed by atoms with E-state index in [1.165, 1.54) is 0 Å². The highest BCUT2D eigenvalue weighted by Gasteiger charge is 2.35. The first kappa shape index (κ1) is 14.3. The summed E-state index contributed by atoms with van der Waals surface area (Å²) >= 11 is 0. The molecule has 0 aliphatic carbocycles. The Labute approximate surface area is 112 Å². The molecule has 1 saturated heterocycles. The number of aliphatic hydroxyl groups excluding tert-OH is 2. The molecule has 20 heavy (non-hydrogen) atoms. The van der Waals surface area contributed by atoms with Crippen LogP contribution in [0.15, 0.2) is 15.8 Å². The SMILES string of the molecule is N#CCOc1cn([C@H]2C[C@@H](O)[C@@H](CO)O2)c(=O)[nH]c1=O. The Morgan fingerprint density at radius 3 is 2.95 bits per heavy atom. The van der Waals surface area contributed by atoms with Crippen LogP contribution in [0.4, 0.5) is 0 Å². The highest BCUT2D eigenvalue weighted by atomic mass is 16.5. The molecule has 2 heterocycles. The average molecular weight is 283 g/mol. The quantitative estimate of drug-likeness (QED) is 0.585. The molecule has 9 heteroatoms. The van der Waals surface area contributed by atoms with Gasteiger partial charge in [-0.2, -0.15) is 5.26 Å². The van der Waals surface area contributed by atoms with Gasteiger partial charge in [-0.05, 0) is 0 Å². The molecule has 3 atom stereocenters. The number of aliphatic hydroxyl groups is 2. The van der Waals surface area contributed by atoms with Gasteiger partial charge in [0.05, 0.1) is 18.9 Å². The number of H-pyrrole nitrogens is 1. The summed E-state index contributed by atoms with van der Waals surface area (Å²) in [5.74, 6) is -0.198. The summed E-state index contributed by atoms with van der Waals surface area (Å²) in [6, 6.07) is 1.70. The Hall–Kier alpha value is -2.15. The van der Waals surface area contributed by atoms with Gasteiger partial charge in [0.25, 0.3) is 5.56 Å². The van der Waals surface area contributed by atoms with Crippen molar-refractivity contribution in [1.82, 2.24) is 9.55 Å². The second-order valence-electron chi connectivity index (χ2n) is 4.22. The lowest BCUT2D eigenvalue weighted by atomic mass is 10.2. The van der Waals surface area contributed by atoms with Crippen molar-refractivity contribution in [3.05, 3.63) is 27.0 Å². The number of nitrogens with one attached hydrogen (secondary N) is 1. The number of aromatic nitrogens is 2. The Morgan fingerprint density at radius 2 is 2.35 bits per heavy atom. The van der Waals surface area contributed by atoms with E-state index in [4.69, 9.17) is 19.8 Å². The molecule has 108 valence electrons. The first-order valence-electron chi connectivity index (χ1n) is 5.86. The smallest absolute Gasteiger partial charge is 0.330 e. The number of nitriles is 1. The Balaban J connectivity index is 2.31. The molecule has 3 N–H and O–H groups in total. The Kier molecular flexibility index (Phi) is 4.19. The fraction of sp³-hybridized carbons (Fsp3) is 0.545. The van der Waals surface area contributed by atoms with Crippen molar-refractivity contribution < 1.29 is 19.7 Å². The van der Waals surface area contributed by atoms with Gasteiger partial charge in [0.15, 0.2) is 6.61 Å². The van der Waals surface area contributed by atoms with E-state index in [-0.39, 0.29) is 25.4 Å². The standard InChI is InChI=1S/C11H13N3O6/c12-1-2-19-7-4-14(11(18)13-10(7)17)9-3-6(16)8(5-15)20-9/h4,6,8-9,15-16H,2-3,5H2,(H,13,17,18)/t6-,8-,9-/m1/s1. The number of hydrogen-bond donors (Lipinski definition) is 3. The van der Waals surface area contributed by atoms with Gasteiger partial charge in [0.1, 0.15) is 18.4 Å². The molecule has 1 fully saturated rings. The lowest BCUT2D eigenvalue weighted by Crippen LogP contribution is -2.33. The van der Waals surface area contributed by atoms with Gasteiger partial charge in [0, 0.05) is 6.42 Å². The maximum Gasteiger partial charge on any atom is 0.330 e. The van der Waals surface area contributed by atoms with Crippen molar-refractivity contribution in [2.75, 3.05) is 13.2 Å². The number of nitrogens with zero attached hydrogens (tertiary/aromatic N) is 2. The van der Waals surface area contributed by atoms with E-state index in [0.717, 1.165) is 10.8 Å². The van der Waals surface area contributed by atoms with E-state index in [1.807, 2.05) is 4.98 Å². The summed E-state index contributed by atoms with van der Waals surface area (Å²) < 4.78 is 11.2. The summed E-state index contributed by atoms with van der Waals surface area (Å²) in [6.07, 6.45) is -1.31. The molecule has 0 bridgehead atoms. The molecule has 1 aliphatic rings. The van der Waals surface area contributed by atoms with Crippen LogP contribution < -0.4 is 16.0 Å². The lowest BCUT2D eigenvalue weighted by molar-refractivity contribution is -0.0461. The largest absolute Gasteiger partial charge is 0.471 e. The van der Waals surface area contributed by atoms with Crippen LogP contribution in [0, 0.1) is 11.3 Å². The molecular weight excluding hydrogens is 270 g/mol. The minimum atomic E-state index is -0.910. The first-order valence-corrected chi connectivity index (χ1v) is 5.86. The van der Waals surface area contributed by atoms with Crippen molar-refractivity contribution in [2.24, 2.45) is 0 Å². The van der Waals surface area contributed by atoms with Crippen LogP contribution in [0.1, 0.15) is 12.6 Å². The van der Waals surface area contributed by atoms with E-state index in [1.54, 1.807) is 6.07 Å². The summed E-state index contributed by atoms with van der Waals surface area (Å²) in [5, 5.41) is 27.0. The van der Waals surface area contributed by atoms with E-state index < -0.39 is 29.7 Å². The van der Waals surface area contributed by atoms with E-state index in [0.29, 0.717) is 0 Å². The summed E-state index contributed by atoms with van der Waals surface area (Å²) in [4.78, 5) is 25.2. The van der Waals surface area contributed by atoms with Crippen LogP contribution in [0.2, 0.25) is 0 Å². The molecule has 0 aromatic carbocycles. The number of aromatic amines is 1. The Bertz CT molecular complexity index is 630. The average Bonchev–Trinajstić information content (AvgIpc) is 2.79. The number of rotatable bonds is 4. The topological polar surface area (TPSA) is 138 Å². The van der Waals surface area contributed by atoms with E-state index in [9.17, 15) is 14.7 Å². The maximum absolute atomic E-state index is 11.7. The van der Waals surface area contributed by atoms with Crippen LogP contribution in [0.25, 0.3) is 0 Å². The van der Waals surface area contributed by atoms with Gasteiger partial charge in [-0.1, -0.05) is 0 Å². The summed E-state index contributed by atoms with van der Waals surface area (Å²) in [7, 11) is 0. The molecule has 1 aliphatic heterocycles. The third-order valence-corrected chi connectivity index (χ3v) is 2.92. The van der Waals surface area contributed by atoms with Crippen LogP contribution in [0.5, 0.6) is 5.75 Å². The predicted octanol–water partition coefficient (Wildman–Crippen LogP) is -1.92.